The summed E-state index contributed by atoms with van der Waals surface area (Å²) >= 11 is 0. The number of amides is 1. The van der Waals surface area contributed by atoms with Crippen molar-refractivity contribution >= 4 is 15.9 Å². The Kier molecular flexibility index (Phi) is 5.25. The second-order valence-corrected chi connectivity index (χ2v) is 8.73. The number of hydrogen-bond acceptors (Lipinski definition) is 3. The first-order chi connectivity index (χ1) is 11.5. The third-order valence-electron chi connectivity index (χ3n) is 5.07. The van der Waals surface area contributed by atoms with Crippen LogP contribution in [0.1, 0.15) is 55.8 Å². The Balaban J connectivity index is 1.85. The topological polar surface area (TPSA) is 57.7 Å². The number of benzene rings is 1. The zero-order valence-electron chi connectivity index (χ0n) is 14.3. The van der Waals surface area contributed by atoms with Crippen LogP contribution in [0, 0.1) is 0 Å². The molecule has 1 aromatic rings. The summed E-state index contributed by atoms with van der Waals surface area (Å²) in [6, 6.07) is 6.57. The van der Waals surface area contributed by atoms with Gasteiger partial charge in [0.15, 0.2) is 0 Å². The maximum atomic E-state index is 12.9. The minimum atomic E-state index is -3.54. The maximum Gasteiger partial charge on any atom is 0.253 e. The summed E-state index contributed by atoms with van der Waals surface area (Å²) in [7, 11) is -3.54. The second kappa shape index (κ2) is 7.23. The van der Waals surface area contributed by atoms with Gasteiger partial charge in [-0.2, -0.15) is 4.31 Å². The predicted octanol–water partition coefficient (Wildman–Crippen LogP) is 2.88. The number of hydrogen-bond donors (Lipinski definition) is 0. The summed E-state index contributed by atoms with van der Waals surface area (Å²) in [5.74, 6) is -0.0570. The van der Waals surface area contributed by atoms with Gasteiger partial charge in [-0.05, 0) is 57.2 Å². The fourth-order valence-electron chi connectivity index (χ4n) is 3.63. The van der Waals surface area contributed by atoms with Gasteiger partial charge in [0.05, 0.1) is 4.90 Å². The minimum Gasteiger partial charge on any atom is -0.339 e. The lowest BCUT2D eigenvalue weighted by molar-refractivity contribution is 0.0724. The van der Waals surface area contributed by atoms with Crippen LogP contribution in [-0.4, -0.2) is 49.2 Å². The van der Waals surface area contributed by atoms with Crippen LogP contribution in [0.2, 0.25) is 0 Å². The molecule has 2 fully saturated rings. The monoisotopic (exact) mass is 350 g/mol. The summed E-state index contributed by atoms with van der Waals surface area (Å²) in [5.41, 5.74) is 0.475. The first-order valence-electron chi connectivity index (χ1n) is 8.91. The van der Waals surface area contributed by atoms with Gasteiger partial charge < -0.3 is 4.90 Å². The summed E-state index contributed by atoms with van der Waals surface area (Å²) in [5, 5.41) is 0. The van der Waals surface area contributed by atoms with Gasteiger partial charge in [0.2, 0.25) is 10.0 Å². The van der Waals surface area contributed by atoms with Crippen molar-refractivity contribution in [2.75, 3.05) is 19.6 Å². The Morgan fingerprint density at radius 1 is 1.04 bits per heavy atom. The van der Waals surface area contributed by atoms with Gasteiger partial charge in [0, 0.05) is 31.2 Å². The van der Waals surface area contributed by atoms with E-state index in [0.717, 1.165) is 51.6 Å². The van der Waals surface area contributed by atoms with E-state index < -0.39 is 10.0 Å². The molecule has 6 heteroatoms. The van der Waals surface area contributed by atoms with E-state index in [0.29, 0.717) is 12.1 Å². The third-order valence-corrected chi connectivity index (χ3v) is 7.08. The Labute approximate surface area is 144 Å². The zero-order valence-corrected chi connectivity index (χ0v) is 15.1. The number of piperidine rings is 2. The molecule has 2 aliphatic heterocycles. The average Bonchev–Trinajstić information content (AvgIpc) is 2.62. The van der Waals surface area contributed by atoms with Crippen molar-refractivity contribution in [1.29, 1.82) is 0 Å². The van der Waals surface area contributed by atoms with Gasteiger partial charge in [-0.25, -0.2) is 8.42 Å². The first-order valence-corrected chi connectivity index (χ1v) is 10.4. The molecule has 0 aliphatic carbocycles. The van der Waals surface area contributed by atoms with E-state index in [1.165, 1.54) is 0 Å². The van der Waals surface area contributed by atoms with E-state index in [2.05, 4.69) is 0 Å². The second-order valence-electron chi connectivity index (χ2n) is 6.84. The molecule has 132 valence electrons. The van der Waals surface area contributed by atoms with Crippen molar-refractivity contribution in [2.45, 2.75) is 56.4 Å². The van der Waals surface area contributed by atoms with E-state index in [1.807, 2.05) is 11.8 Å². The number of likely N-dealkylation sites (tertiary alicyclic amines) is 1. The third kappa shape index (κ3) is 3.49. The Hall–Kier alpha value is -1.40. The van der Waals surface area contributed by atoms with E-state index in [9.17, 15) is 13.2 Å². The number of carbonyl (C=O) groups is 1. The van der Waals surface area contributed by atoms with E-state index in [-0.39, 0.29) is 16.8 Å². The number of sulfonamides is 1. The lowest BCUT2D eigenvalue weighted by Gasteiger charge is -2.32. The Morgan fingerprint density at radius 2 is 1.75 bits per heavy atom. The molecular formula is C18H26N2O3S. The molecule has 2 aliphatic rings. The molecule has 0 aromatic heterocycles. The molecule has 0 spiro atoms. The van der Waals surface area contributed by atoms with Crippen LogP contribution < -0.4 is 0 Å². The van der Waals surface area contributed by atoms with Crippen molar-refractivity contribution in [3.63, 3.8) is 0 Å². The molecule has 24 heavy (non-hydrogen) atoms. The highest BCUT2D eigenvalue weighted by Crippen LogP contribution is 2.26. The van der Waals surface area contributed by atoms with Crippen molar-refractivity contribution in [3.05, 3.63) is 29.8 Å². The van der Waals surface area contributed by atoms with Crippen LogP contribution in [0.15, 0.2) is 29.2 Å². The van der Waals surface area contributed by atoms with E-state index in [4.69, 9.17) is 0 Å². The highest BCUT2D eigenvalue weighted by Gasteiger charge is 2.31. The van der Waals surface area contributed by atoms with Gasteiger partial charge in [-0.3, -0.25) is 4.79 Å². The first kappa shape index (κ1) is 17.4. The maximum absolute atomic E-state index is 12.9. The minimum absolute atomic E-state index is 0.0187. The van der Waals surface area contributed by atoms with E-state index in [1.54, 1.807) is 28.6 Å². The molecule has 3 rings (SSSR count). The highest BCUT2D eigenvalue weighted by molar-refractivity contribution is 7.89. The Bertz CT molecular complexity index is 696. The van der Waals surface area contributed by atoms with Crippen LogP contribution in [-0.2, 0) is 10.0 Å². The number of carbonyl (C=O) groups excluding carboxylic acids is 1. The predicted molar refractivity (Wildman–Crippen MR) is 93.4 cm³/mol. The fraction of sp³-hybridized carbons (Fsp3) is 0.611. The summed E-state index contributed by atoms with van der Waals surface area (Å²) in [4.78, 5) is 14.7. The zero-order chi connectivity index (χ0) is 17.2. The molecule has 0 unspecified atom stereocenters. The van der Waals surface area contributed by atoms with Crippen LogP contribution in [0.4, 0.5) is 0 Å². The normalized spacial score (nSPS) is 23.2. The average molecular weight is 350 g/mol. The van der Waals surface area contributed by atoms with Gasteiger partial charge in [0.25, 0.3) is 5.91 Å². The molecule has 0 saturated carbocycles. The lowest BCUT2D eigenvalue weighted by atomic mass is 10.1. The molecule has 1 atom stereocenters. The number of nitrogens with zero attached hydrogens (tertiary/aromatic N) is 2. The van der Waals surface area contributed by atoms with Gasteiger partial charge in [-0.1, -0.05) is 12.5 Å². The van der Waals surface area contributed by atoms with Crippen molar-refractivity contribution in [3.8, 4) is 0 Å². The van der Waals surface area contributed by atoms with Crippen molar-refractivity contribution in [2.24, 2.45) is 0 Å². The standard InChI is InChI=1S/C18H26N2O3S/c1-15-8-3-6-13-20(15)24(22,23)17-10-7-9-16(14-17)18(21)19-11-4-2-5-12-19/h7,9-10,14-15H,2-6,8,11-13H2,1H3/t15-/m1/s1. The number of rotatable bonds is 3. The molecule has 2 saturated heterocycles. The molecule has 5 nitrogen and oxygen atoms in total. The SMILES string of the molecule is C[C@@H]1CCCCN1S(=O)(=O)c1cccc(C(=O)N2CCCCC2)c1. The molecule has 1 aromatic carbocycles. The van der Waals surface area contributed by atoms with Crippen LogP contribution >= 0.6 is 0 Å². The van der Waals surface area contributed by atoms with Gasteiger partial charge in [0.1, 0.15) is 0 Å². The van der Waals surface area contributed by atoms with Crippen LogP contribution in [0.3, 0.4) is 0 Å². The molecule has 1 amide bonds. The van der Waals surface area contributed by atoms with Gasteiger partial charge in [-0.15, -0.1) is 0 Å². The van der Waals surface area contributed by atoms with Crippen LogP contribution in [0.25, 0.3) is 0 Å². The smallest absolute Gasteiger partial charge is 0.253 e. The van der Waals surface area contributed by atoms with Gasteiger partial charge >= 0.3 is 0 Å². The lowest BCUT2D eigenvalue weighted by Crippen LogP contribution is -2.42. The molecule has 0 radical (unpaired) electrons. The molecule has 0 N–H and O–H groups in total. The molecule has 2 heterocycles. The van der Waals surface area contributed by atoms with Crippen LogP contribution in [0.5, 0.6) is 0 Å². The quantitative estimate of drug-likeness (QED) is 0.842. The summed E-state index contributed by atoms with van der Waals surface area (Å²) in [6.45, 7) is 4.05. The largest absolute Gasteiger partial charge is 0.339 e. The summed E-state index contributed by atoms with van der Waals surface area (Å²) in [6.07, 6.45) is 6.07. The molecular weight excluding hydrogens is 324 g/mol. The fourth-order valence-corrected chi connectivity index (χ4v) is 5.38. The molecule has 0 bridgehead atoms. The van der Waals surface area contributed by atoms with Crippen molar-refractivity contribution in [1.82, 2.24) is 9.21 Å². The van der Waals surface area contributed by atoms with Crippen molar-refractivity contribution < 1.29 is 13.2 Å². The summed E-state index contributed by atoms with van der Waals surface area (Å²) < 4.78 is 27.5. The Morgan fingerprint density at radius 3 is 2.46 bits per heavy atom. The highest BCUT2D eigenvalue weighted by atomic mass is 32.2. The van der Waals surface area contributed by atoms with E-state index >= 15 is 0 Å².